The fraction of sp³-hybridized carbons (Fsp3) is 0.263. The van der Waals surface area contributed by atoms with Gasteiger partial charge in [-0.3, -0.25) is 9.89 Å². The fourth-order valence-corrected chi connectivity index (χ4v) is 3.48. The molecule has 0 saturated carbocycles. The topological polar surface area (TPSA) is 75.0 Å². The van der Waals surface area contributed by atoms with Crippen LogP contribution in [0.4, 0.5) is 13.2 Å². The van der Waals surface area contributed by atoms with Crippen LogP contribution in [0.5, 0.6) is 0 Å². The molecule has 140 valence electrons. The zero-order valence-electron chi connectivity index (χ0n) is 14.3. The molecular formula is C19H17F3N4O. The normalized spacial score (nSPS) is 17.9. The molecule has 4 rings (SSSR count). The number of hydrogen-bond acceptors (Lipinski definition) is 3. The van der Waals surface area contributed by atoms with Crippen molar-refractivity contribution in [1.29, 1.82) is 0 Å². The lowest BCUT2D eigenvalue weighted by Crippen LogP contribution is -2.42. The minimum absolute atomic E-state index is 0.193. The third kappa shape index (κ3) is 3.28. The first kappa shape index (κ1) is 17.5. The summed E-state index contributed by atoms with van der Waals surface area (Å²) in [5.41, 5.74) is 8.80. The second-order valence-corrected chi connectivity index (χ2v) is 6.73. The second-order valence-electron chi connectivity index (χ2n) is 6.73. The van der Waals surface area contributed by atoms with Crippen molar-refractivity contribution in [2.45, 2.75) is 31.7 Å². The number of H-pyrrole nitrogens is 1. The Morgan fingerprint density at radius 2 is 1.93 bits per heavy atom. The third-order valence-corrected chi connectivity index (χ3v) is 4.91. The van der Waals surface area contributed by atoms with Gasteiger partial charge < -0.3 is 10.6 Å². The van der Waals surface area contributed by atoms with E-state index in [1.54, 1.807) is 11.1 Å². The molecule has 1 aliphatic heterocycles. The molecule has 1 amide bonds. The van der Waals surface area contributed by atoms with E-state index in [9.17, 15) is 18.0 Å². The number of nitrogens with one attached hydrogen (secondary N) is 1. The Hall–Kier alpha value is -2.87. The number of nitrogens with two attached hydrogens (primary N) is 1. The Morgan fingerprint density at radius 1 is 1.19 bits per heavy atom. The average Bonchev–Trinajstić information content (AvgIpc) is 3.06. The van der Waals surface area contributed by atoms with Crippen molar-refractivity contribution < 1.29 is 18.0 Å². The van der Waals surface area contributed by atoms with Crippen LogP contribution in [0, 0.1) is 0 Å². The highest BCUT2D eigenvalue weighted by atomic mass is 19.4. The molecule has 2 heterocycles. The summed E-state index contributed by atoms with van der Waals surface area (Å²) in [6.07, 6.45) is -2.25. The van der Waals surface area contributed by atoms with Crippen molar-refractivity contribution in [2.24, 2.45) is 5.73 Å². The van der Waals surface area contributed by atoms with Crippen molar-refractivity contribution in [1.82, 2.24) is 15.1 Å². The molecule has 2 aromatic carbocycles. The minimum atomic E-state index is -4.38. The van der Waals surface area contributed by atoms with E-state index in [-0.39, 0.29) is 12.5 Å². The summed E-state index contributed by atoms with van der Waals surface area (Å²) < 4.78 is 38.2. The molecule has 27 heavy (non-hydrogen) atoms. The van der Waals surface area contributed by atoms with Crippen molar-refractivity contribution in [2.75, 3.05) is 0 Å². The summed E-state index contributed by atoms with van der Waals surface area (Å²) in [5.74, 6) is -0.220. The second kappa shape index (κ2) is 6.38. The third-order valence-electron chi connectivity index (χ3n) is 4.91. The molecule has 0 bridgehead atoms. The van der Waals surface area contributed by atoms with Gasteiger partial charge in [-0.05, 0) is 41.3 Å². The molecule has 1 atom stereocenters. The lowest BCUT2D eigenvalue weighted by molar-refractivity contribution is -0.137. The Labute approximate surface area is 153 Å². The van der Waals surface area contributed by atoms with E-state index < -0.39 is 17.8 Å². The molecule has 1 aromatic heterocycles. The minimum Gasteiger partial charge on any atom is -0.333 e. The van der Waals surface area contributed by atoms with Crippen molar-refractivity contribution >= 4 is 16.8 Å². The maximum atomic E-state index is 12.7. The van der Waals surface area contributed by atoms with E-state index in [2.05, 4.69) is 10.2 Å². The van der Waals surface area contributed by atoms with Gasteiger partial charge in [-0.2, -0.15) is 18.3 Å². The Kier molecular flexibility index (Phi) is 4.15. The van der Waals surface area contributed by atoms with Crippen LogP contribution in [0.2, 0.25) is 0 Å². The smallest absolute Gasteiger partial charge is 0.333 e. The number of halogens is 3. The molecule has 3 N–H and O–H groups in total. The molecule has 1 aliphatic rings. The van der Waals surface area contributed by atoms with Crippen molar-refractivity contribution in [3.8, 4) is 0 Å². The summed E-state index contributed by atoms with van der Waals surface area (Å²) in [7, 11) is 0. The standard InChI is InChI=1S/C19H17F3N4O/c20-19(21,22)13-4-1-11(2-5-13)9-26-10-15-12(7-16(23)18(26)27)3-6-17-14(15)8-24-25-17/h1-6,8,16H,7,9-10,23H2,(H,24,25)/t16-/m1/s1. The van der Waals surface area contributed by atoms with Crippen LogP contribution >= 0.6 is 0 Å². The van der Waals surface area contributed by atoms with E-state index in [1.807, 2.05) is 12.1 Å². The van der Waals surface area contributed by atoms with Gasteiger partial charge in [0.2, 0.25) is 5.91 Å². The van der Waals surface area contributed by atoms with Gasteiger partial charge in [0, 0.05) is 18.5 Å². The van der Waals surface area contributed by atoms with Crippen molar-refractivity contribution in [3.05, 3.63) is 64.8 Å². The molecule has 3 aromatic rings. The van der Waals surface area contributed by atoms with Crippen LogP contribution in [-0.4, -0.2) is 27.0 Å². The summed E-state index contributed by atoms with van der Waals surface area (Å²) >= 11 is 0. The van der Waals surface area contributed by atoms with E-state index in [0.717, 1.165) is 34.2 Å². The number of aromatic nitrogens is 2. The molecule has 0 aliphatic carbocycles. The van der Waals surface area contributed by atoms with Gasteiger partial charge in [0.15, 0.2) is 0 Å². The van der Waals surface area contributed by atoms with Gasteiger partial charge in [0.25, 0.3) is 0 Å². The molecule has 0 fully saturated rings. The van der Waals surface area contributed by atoms with Gasteiger partial charge in [0.05, 0.1) is 23.3 Å². The van der Waals surface area contributed by atoms with Gasteiger partial charge in [-0.1, -0.05) is 18.2 Å². The molecule has 8 heteroatoms. The number of carbonyl (C=O) groups is 1. The van der Waals surface area contributed by atoms with Crippen LogP contribution in [0.3, 0.4) is 0 Å². The molecular weight excluding hydrogens is 357 g/mol. The predicted octanol–water partition coefficient (Wildman–Crippen LogP) is 2.99. The lowest BCUT2D eigenvalue weighted by Gasteiger charge is -2.23. The first-order valence-electron chi connectivity index (χ1n) is 8.47. The number of fused-ring (bicyclic) bond motifs is 3. The van der Waals surface area contributed by atoms with Gasteiger partial charge in [-0.25, -0.2) is 0 Å². The highest BCUT2D eigenvalue weighted by Crippen LogP contribution is 2.30. The lowest BCUT2D eigenvalue weighted by atomic mass is 9.99. The monoisotopic (exact) mass is 374 g/mol. The predicted molar refractivity (Wildman–Crippen MR) is 93.5 cm³/mol. The van der Waals surface area contributed by atoms with Gasteiger partial charge in [0.1, 0.15) is 0 Å². The summed E-state index contributed by atoms with van der Waals surface area (Å²) in [6.45, 7) is 0.526. The van der Waals surface area contributed by atoms with Crippen LogP contribution in [-0.2, 0) is 30.5 Å². The van der Waals surface area contributed by atoms with Crippen LogP contribution in [0.1, 0.15) is 22.3 Å². The number of nitrogens with zero attached hydrogens (tertiary/aromatic N) is 2. The van der Waals surface area contributed by atoms with Crippen LogP contribution in [0.25, 0.3) is 10.9 Å². The zero-order valence-corrected chi connectivity index (χ0v) is 14.3. The maximum Gasteiger partial charge on any atom is 0.416 e. The summed E-state index contributed by atoms with van der Waals surface area (Å²) in [6, 6.07) is 8.00. The van der Waals surface area contributed by atoms with Gasteiger partial charge in [-0.15, -0.1) is 0 Å². The number of rotatable bonds is 2. The number of carbonyl (C=O) groups excluding carboxylic acids is 1. The highest BCUT2D eigenvalue weighted by Gasteiger charge is 2.31. The quantitative estimate of drug-likeness (QED) is 0.724. The van der Waals surface area contributed by atoms with E-state index in [1.165, 1.54) is 12.1 Å². The van der Waals surface area contributed by atoms with Crippen LogP contribution in [0.15, 0.2) is 42.6 Å². The van der Waals surface area contributed by atoms with Gasteiger partial charge >= 0.3 is 6.18 Å². The van der Waals surface area contributed by atoms with Crippen LogP contribution < -0.4 is 5.73 Å². The molecule has 0 radical (unpaired) electrons. The van der Waals surface area contributed by atoms with E-state index >= 15 is 0 Å². The fourth-order valence-electron chi connectivity index (χ4n) is 3.48. The number of alkyl halides is 3. The number of hydrogen-bond donors (Lipinski definition) is 2. The van der Waals surface area contributed by atoms with E-state index in [4.69, 9.17) is 5.73 Å². The molecule has 0 saturated heterocycles. The summed E-state index contributed by atoms with van der Waals surface area (Å²) in [4.78, 5) is 14.3. The summed E-state index contributed by atoms with van der Waals surface area (Å²) in [5, 5.41) is 7.88. The zero-order chi connectivity index (χ0) is 19.2. The number of amides is 1. The Morgan fingerprint density at radius 3 is 2.63 bits per heavy atom. The maximum absolute atomic E-state index is 12.7. The van der Waals surface area contributed by atoms with Crippen molar-refractivity contribution in [3.63, 3.8) is 0 Å². The molecule has 5 nitrogen and oxygen atoms in total. The Bertz CT molecular complexity index is 994. The first-order chi connectivity index (χ1) is 12.8. The SMILES string of the molecule is N[C@@H]1Cc2ccc3[nH]ncc3c2CN(Cc2ccc(C(F)(F)F)cc2)C1=O. The average molecular weight is 374 g/mol. The number of benzene rings is 2. The Balaban J connectivity index is 1.65. The number of aromatic amines is 1. The molecule has 0 spiro atoms. The van der Waals surface area contributed by atoms with E-state index in [0.29, 0.717) is 18.5 Å². The highest BCUT2D eigenvalue weighted by molar-refractivity contribution is 5.87. The molecule has 0 unspecified atom stereocenters. The first-order valence-corrected chi connectivity index (χ1v) is 8.47. The largest absolute Gasteiger partial charge is 0.416 e.